The first kappa shape index (κ1) is 18.4. The first-order chi connectivity index (χ1) is 13.6. The second-order valence-corrected chi connectivity index (χ2v) is 7.92. The summed E-state index contributed by atoms with van der Waals surface area (Å²) in [5.41, 5.74) is 1.71. The molecule has 0 bridgehead atoms. The molecule has 4 rings (SSSR count). The third kappa shape index (κ3) is 3.43. The van der Waals surface area contributed by atoms with Crippen LogP contribution in [0, 0.1) is 10.1 Å². The minimum atomic E-state index is -0.450. The van der Waals surface area contributed by atoms with E-state index in [1.807, 2.05) is 24.3 Å². The summed E-state index contributed by atoms with van der Waals surface area (Å²) >= 11 is 2.81. The zero-order valence-corrected chi connectivity index (χ0v) is 16.3. The van der Waals surface area contributed by atoms with Crippen molar-refractivity contribution in [3.63, 3.8) is 0 Å². The van der Waals surface area contributed by atoms with Gasteiger partial charge in [0.1, 0.15) is 16.1 Å². The van der Waals surface area contributed by atoms with Gasteiger partial charge in [0.25, 0.3) is 5.69 Å². The molecule has 8 nitrogen and oxygen atoms in total. The monoisotopic (exact) mass is 414 g/mol. The summed E-state index contributed by atoms with van der Waals surface area (Å²) < 4.78 is 5.19. The third-order valence-electron chi connectivity index (χ3n) is 4.21. The number of benzene rings is 2. The maximum absolute atomic E-state index is 12.5. The van der Waals surface area contributed by atoms with E-state index in [1.54, 1.807) is 24.1 Å². The second kappa shape index (κ2) is 7.56. The van der Waals surface area contributed by atoms with Crippen LogP contribution in [-0.2, 0) is 4.79 Å². The van der Waals surface area contributed by atoms with Crippen LogP contribution >= 0.6 is 23.1 Å². The van der Waals surface area contributed by atoms with E-state index in [-0.39, 0.29) is 17.0 Å². The zero-order valence-electron chi connectivity index (χ0n) is 14.6. The summed E-state index contributed by atoms with van der Waals surface area (Å²) in [7, 11) is 1.61. The fourth-order valence-corrected chi connectivity index (χ4v) is 4.92. The maximum Gasteiger partial charge on any atom is 0.269 e. The summed E-state index contributed by atoms with van der Waals surface area (Å²) in [5.74, 6) is 1.08. The smallest absolute Gasteiger partial charge is 0.269 e. The van der Waals surface area contributed by atoms with E-state index in [9.17, 15) is 14.9 Å². The lowest BCUT2D eigenvalue weighted by atomic mass is 10.2. The zero-order chi connectivity index (χ0) is 19.7. The molecule has 3 aromatic rings. The van der Waals surface area contributed by atoms with Crippen molar-refractivity contribution >= 4 is 39.8 Å². The van der Waals surface area contributed by atoms with Crippen molar-refractivity contribution in [3.05, 3.63) is 64.2 Å². The van der Waals surface area contributed by atoms with Crippen LogP contribution in [0.3, 0.4) is 0 Å². The number of methoxy groups -OCH3 is 1. The molecule has 2 heterocycles. The van der Waals surface area contributed by atoms with E-state index in [4.69, 9.17) is 4.74 Å². The number of hydrogen-bond acceptors (Lipinski definition) is 8. The third-order valence-corrected chi connectivity index (χ3v) is 6.40. The number of anilines is 1. The Morgan fingerprint density at radius 1 is 1.14 bits per heavy atom. The number of non-ortho nitro benzene ring substituents is 1. The van der Waals surface area contributed by atoms with Crippen molar-refractivity contribution in [1.82, 2.24) is 10.2 Å². The van der Waals surface area contributed by atoms with E-state index in [0.29, 0.717) is 15.9 Å². The normalized spacial score (nSPS) is 16.4. The van der Waals surface area contributed by atoms with Crippen molar-refractivity contribution in [1.29, 1.82) is 0 Å². The maximum atomic E-state index is 12.5. The van der Waals surface area contributed by atoms with Crippen LogP contribution in [0.1, 0.15) is 10.9 Å². The molecule has 1 amide bonds. The number of carbonyl (C=O) groups is 1. The minimum absolute atomic E-state index is 0.0131. The van der Waals surface area contributed by atoms with Crippen LogP contribution in [0.2, 0.25) is 0 Å². The molecule has 1 aliphatic heterocycles. The van der Waals surface area contributed by atoms with Crippen molar-refractivity contribution in [2.24, 2.45) is 0 Å². The van der Waals surface area contributed by atoms with Crippen LogP contribution in [0.25, 0.3) is 10.6 Å². The van der Waals surface area contributed by atoms with Gasteiger partial charge in [0.15, 0.2) is 0 Å². The molecular formula is C18H14N4O4S2. The van der Waals surface area contributed by atoms with Crippen molar-refractivity contribution in [2.75, 3.05) is 17.8 Å². The highest BCUT2D eigenvalue weighted by Gasteiger charge is 2.36. The molecule has 28 heavy (non-hydrogen) atoms. The number of nitrogens with zero attached hydrogens (tertiary/aromatic N) is 4. The number of nitro benzene ring substituents is 1. The van der Waals surface area contributed by atoms with Gasteiger partial charge in [-0.15, -0.1) is 22.0 Å². The Hall–Kier alpha value is -2.98. The lowest BCUT2D eigenvalue weighted by Crippen LogP contribution is -2.27. The fraction of sp³-hybridized carbons (Fsp3) is 0.167. The number of ether oxygens (including phenoxy) is 1. The molecule has 10 heteroatoms. The Morgan fingerprint density at radius 2 is 1.86 bits per heavy atom. The Morgan fingerprint density at radius 3 is 2.50 bits per heavy atom. The highest BCUT2D eigenvalue weighted by Crippen LogP contribution is 2.43. The topological polar surface area (TPSA) is 98.5 Å². The predicted octanol–water partition coefficient (Wildman–Crippen LogP) is 3.90. The molecule has 1 aliphatic rings. The molecule has 142 valence electrons. The molecule has 0 aliphatic carbocycles. The Kier molecular flexibility index (Phi) is 4.97. The van der Waals surface area contributed by atoms with Gasteiger partial charge in [-0.2, -0.15) is 0 Å². The fourth-order valence-electron chi connectivity index (χ4n) is 2.80. The van der Waals surface area contributed by atoms with Crippen molar-refractivity contribution in [3.8, 4) is 16.3 Å². The van der Waals surface area contributed by atoms with Gasteiger partial charge < -0.3 is 4.74 Å². The standard InChI is InChI=1S/C18H14N4O4S2/c1-26-14-8-4-12(5-9-14)17-21(15(23)10-27-17)18-20-19-16(28-18)11-2-6-13(7-3-11)22(24)25/h2-9,17H,10H2,1H3. The van der Waals surface area contributed by atoms with Crippen LogP contribution in [0.4, 0.5) is 10.8 Å². The summed E-state index contributed by atoms with van der Waals surface area (Å²) in [6.45, 7) is 0. The largest absolute Gasteiger partial charge is 0.497 e. The van der Waals surface area contributed by atoms with E-state index in [2.05, 4.69) is 10.2 Å². The van der Waals surface area contributed by atoms with Gasteiger partial charge in [-0.05, 0) is 29.8 Å². The summed E-state index contributed by atoms with van der Waals surface area (Å²) in [6, 6.07) is 13.7. The van der Waals surface area contributed by atoms with Gasteiger partial charge in [-0.3, -0.25) is 19.8 Å². The van der Waals surface area contributed by atoms with Crippen LogP contribution in [-0.4, -0.2) is 33.9 Å². The number of aromatic nitrogens is 2. The molecular weight excluding hydrogens is 400 g/mol. The molecule has 1 atom stereocenters. The SMILES string of the molecule is COc1ccc(C2SCC(=O)N2c2nnc(-c3ccc([N+](=O)[O-])cc3)s2)cc1. The van der Waals surface area contributed by atoms with E-state index < -0.39 is 4.92 Å². The quantitative estimate of drug-likeness (QED) is 0.461. The summed E-state index contributed by atoms with van der Waals surface area (Å²) in [6.07, 6.45) is 0. The molecule has 1 unspecified atom stereocenters. The van der Waals surface area contributed by atoms with Gasteiger partial charge in [0, 0.05) is 17.7 Å². The lowest BCUT2D eigenvalue weighted by molar-refractivity contribution is -0.384. The molecule has 2 aromatic carbocycles. The highest BCUT2D eigenvalue weighted by atomic mass is 32.2. The molecule has 0 saturated carbocycles. The summed E-state index contributed by atoms with van der Waals surface area (Å²) in [4.78, 5) is 24.5. The number of hydrogen-bond donors (Lipinski definition) is 0. The predicted molar refractivity (Wildman–Crippen MR) is 108 cm³/mol. The van der Waals surface area contributed by atoms with E-state index in [0.717, 1.165) is 16.9 Å². The van der Waals surface area contributed by atoms with Gasteiger partial charge in [-0.25, -0.2) is 0 Å². The van der Waals surface area contributed by atoms with E-state index >= 15 is 0 Å². The average molecular weight is 414 g/mol. The number of rotatable bonds is 5. The highest BCUT2D eigenvalue weighted by molar-refractivity contribution is 8.00. The Bertz CT molecular complexity index is 1020. The van der Waals surface area contributed by atoms with Crippen LogP contribution in [0.5, 0.6) is 5.75 Å². The van der Waals surface area contributed by atoms with Gasteiger partial charge in [0.05, 0.1) is 17.8 Å². The van der Waals surface area contributed by atoms with Gasteiger partial charge >= 0.3 is 0 Å². The average Bonchev–Trinajstić information content (AvgIpc) is 3.34. The molecule has 0 spiro atoms. The number of nitro groups is 1. The summed E-state index contributed by atoms with van der Waals surface area (Å²) in [5, 5.41) is 20.1. The van der Waals surface area contributed by atoms with Gasteiger partial charge in [-0.1, -0.05) is 23.5 Å². The Labute approximate surface area is 168 Å². The number of amides is 1. The first-order valence-electron chi connectivity index (χ1n) is 8.23. The minimum Gasteiger partial charge on any atom is -0.497 e. The van der Waals surface area contributed by atoms with Crippen molar-refractivity contribution in [2.45, 2.75) is 5.37 Å². The number of carbonyl (C=O) groups excluding carboxylic acids is 1. The number of thioether (sulfide) groups is 1. The lowest BCUT2D eigenvalue weighted by Gasteiger charge is -2.21. The molecule has 1 fully saturated rings. The van der Waals surface area contributed by atoms with E-state index in [1.165, 1.54) is 35.2 Å². The van der Waals surface area contributed by atoms with Gasteiger partial charge in [0.2, 0.25) is 11.0 Å². The van der Waals surface area contributed by atoms with Crippen molar-refractivity contribution < 1.29 is 14.5 Å². The van der Waals surface area contributed by atoms with Crippen LogP contribution < -0.4 is 9.64 Å². The van der Waals surface area contributed by atoms with Crippen LogP contribution in [0.15, 0.2) is 48.5 Å². The second-order valence-electron chi connectivity index (χ2n) is 5.89. The Balaban J connectivity index is 1.61. The first-order valence-corrected chi connectivity index (χ1v) is 10.1. The molecule has 0 N–H and O–H groups in total. The molecule has 0 radical (unpaired) electrons. The molecule has 1 saturated heterocycles. The molecule has 1 aromatic heterocycles.